The molecule has 0 fully saturated rings. The smallest absolute Gasteiger partial charge is 0.252 e. The molecule has 1 amide bonds. The third-order valence-corrected chi connectivity index (χ3v) is 7.87. The van der Waals surface area contributed by atoms with Crippen LogP contribution in [0.4, 0.5) is 0 Å². The van der Waals surface area contributed by atoms with Crippen LogP contribution >= 0.6 is 11.8 Å². The summed E-state index contributed by atoms with van der Waals surface area (Å²) in [4.78, 5) is 12.8. The highest BCUT2D eigenvalue weighted by molar-refractivity contribution is 7.99. The van der Waals surface area contributed by atoms with Crippen LogP contribution in [0.5, 0.6) is 0 Å². The van der Waals surface area contributed by atoms with Gasteiger partial charge in [0.25, 0.3) is 5.91 Å². The largest absolute Gasteiger partial charge is 0.340 e. The molecule has 0 saturated carbocycles. The quantitative estimate of drug-likeness (QED) is 0.298. The van der Waals surface area contributed by atoms with E-state index < -0.39 is 0 Å². The summed E-state index contributed by atoms with van der Waals surface area (Å²) in [6.07, 6.45) is 9.93. The fraction of sp³-hybridized carbons (Fsp3) is 0.387. The summed E-state index contributed by atoms with van der Waals surface area (Å²) in [6.45, 7) is 3.34. The summed E-state index contributed by atoms with van der Waals surface area (Å²) < 4.78 is 0. The number of benzene rings is 3. The average molecular weight is 487 g/mol. The molecule has 0 aliphatic heterocycles. The van der Waals surface area contributed by atoms with Crippen LogP contribution in [-0.4, -0.2) is 30.1 Å². The van der Waals surface area contributed by atoms with E-state index in [-0.39, 0.29) is 11.3 Å². The predicted molar refractivity (Wildman–Crippen MR) is 150 cm³/mol. The first-order valence-corrected chi connectivity index (χ1v) is 14.3. The second-order valence-electron chi connectivity index (χ2n) is 9.53. The van der Waals surface area contributed by atoms with Gasteiger partial charge in [-0.25, -0.2) is 0 Å². The van der Waals surface area contributed by atoms with Gasteiger partial charge in [0.1, 0.15) is 0 Å². The zero-order chi connectivity index (χ0) is 24.5. The molecule has 0 spiro atoms. The van der Waals surface area contributed by atoms with Crippen LogP contribution in [0, 0.1) is 0 Å². The molecule has 3 aromatic carbocycles. The molecule has 4 rings (SSSR count). The molecule has 0 saturated heterocycles. The van der Waals surface area contributed by atoms with E-state index >= 15 is 0 Å². The van der Waals surface area contributed by atoms with Crippen molar-refractivity contribution in [1.82, 2.24) is 10.6 Å². The summed E-state index contributed by atoms with van der Waals surface area (Å²) in [6, 6.07) is 25.8. The molecule has 4 heteroatoms. The standard InChI is InChI=1S/C31H38N2OS/c1-3-20-32-29-19-18-26-13-12-23(21-28(26)22-29)8-7-11-30(35-2)33-31(34)27-16-14-25(15-17-27)24-9-5-4-6-10-24/h4-6,9-10,12-17,21,29-30,32H,3,7-8,11,18-20,22H2,1-2H3,(H,33,34)/t29-,30?/m0/s1. The molecule has 0 radical (unpaired) electrons. The highest BCUT2D eigenvalue weighted by Gasteiger charge is 2.18. The van der Waals surface area contributed by atoms with Crippen LogP contribution in [0.25, 0.3) is 11.1 Å². The zero-order valence-electron chi connectivity index (χ0n) is 21.1. The maximum atomic E-state index is 12.8. The first-order chi connectivity index (χ1) is 17.2. The molecular formula is C31H38N2OS. The Bertz CT molecular complexity index is 1080. The van der Waals surface area contributed by atoms with Gasteiger partial charge < -0.3 is 10.6 Å². The predicted octanol–water partition coefficient (Wildman–Crippen LogP) is 6.65. The van der Waals surface area contributed by atoms with Gasteiger partial charge in [0.15, 0.2) is 0 Å². The van der Waals surface area contributed by atoms with E-state index in [9.17, 15) is 4.79 Å². The number of carbonyl (C=O) groups excluding carboxylic acids is 1. The molecule has 1 aliphatic rings. The van der Waals surface area contributed by atoms with Gasteiger partial charge in [-0.05, 0) is 97.7 Å². The van der Waals surface area contributed by atoms with E-state index in [0.29, 0.717) is 11.6 Å². The van der Waals surface area contributed by atoms with Crippen molar-refractivity contribution in [3.8, 4) is 11.1 Å². The normalized spacial score (nSPS) is 15.9. The number of hydrogen-bond acceptors (Lipinski definition) is 3. The monoisotopic (exact) mass is 486 g/mol. The molecule has 0 bridgehead atoms. The van der Waals surface area contributed by atoms with E-state index in [2.05, 4.69) is 54.1 Å². The van der Waals surface area contributed by atoms with Gasteiger partial charge in [0.05, 0.1) is 5.37 Å². The Morgan fingerprint density at radius 1 is 1.00 bits per heavy atom. The second kappa shape index (κ2) is 12.9. The van der Waals surface area contributed by atoms with Gasteiger partial charge in [-0.2, -0.15) is 0 Å². The minimum atomic E-state index is 0.00311. The van der Waals surface area contributed by atoms with Gasteiger partial charge in [0, 0.05) is 11.6 Å². The van der Waals surface area contributed by atoms with Crippen LogP contribution < -0.4 is 10.6 Å². The molecule has 0 aromatic heterocycles. The third kappa shape index (κ3) is 7.22. The third-order valence-electron chi connectivity index (χ3n) is 6.94. The summed E-state index contributed by atoms with van der Waals surface area (Å²) in [7, 11) is 0. The highest BCUT2D eigenvalue weighted by Crippen LogP contribution is 2.24. The first kappa shape index (κ1) is 25.5. The van der Waals surface area contributed by atoms with Crippen molar-refractivity contribution < 1.29 is 4.79 Å². The number of amides is 1. The number of nitrogens with one attached hydrogen (secondary N) is 2. The van der Waals surface area contributed by atoms with Gasteiger partial charge >= 0.3 is 0 Å². The summed E-state index contributed by atoms with van der Waals surface area (Å²) in [5.74, 6) is 0.00311. The van der Waals surface area contributed by atoms with Crippen molar-refractivity contribution in [2.45, 2.75) is 63.3 Å². The molecule has 3 aromatic rings. The lowest BCUT2D eigenvalue weighted by molar-refractivity contribution is 0.0948. The molecule has 1 unspecified atom stereocenters. The Hall–Kier alpha value is -2.56. The molecule has 35 heavy (non-hydrogen) atoms. The van der Waals surface area contributed by atoms with Crippen LogP contribution in [0.1, 0.15) is 59.7 Å². The van der Waals surface area contributed by atoms with E-state index in [1.54, 1.807) is 11.8 Å². The van der Waals surface area contributed by atoms with Crippen molar-refractivity contribution in [3.05, 3.63) is 95.1 Å². The second-order valence-corrected chi connectivity index (χ2v) is 10.6. The lowest BCUT2D eigenvalue weighted by Gasteiger charge is -2.26. The maximum absolute atomic E-state index is 12.8. The van der Waals surface area contributed by atoms with Crippen LogP contribution in [0.3, 0.4) is 0 Å². The topological polar surface area (TPSA) is 41.1 Å². The number of carbonyl (C=O) groups is 1. The molecule has 0 heterocycles. The molecule has 1 aliphatic carbocycles. The summed E-state index contributed by atoms with van der Waals surface area (Å²) in [5, 5.41) is 7.04. The van der Waals surface area contributed by atoms with E-state index in [0.717, 1.165) is 43.4 Å². The first-order valence-electron chi connectivity index (χ1n) is 13.0. The molecular weight excluding hydrogens is 448 g/mol. The van der Waals surface area contributed by atoms with Crippen molar-refractivity contribution in [1.29, 1.82) is 0 Å². The lowest BCUT2D eigenvalue weighted by Crippen LogP contribution is -2.35. The van der Waals surface area contributed by atoms with Gasteiger partial charge in [-0.15, -0.1) is 11.8 Å². The number of fused-ring (bicyclic) bond motifs is 1. The molecule has 2 atom stereocenters. The Morgan fingerprint density at radius 3 is 2.51 bits per heavy atom. The minimum Gasteiger partial charge on any atom is -0.340 e. The maximum Gasteiger partial charge on any atom is 0.252 e. The summed E-state index contributed by atoms with van der Waals surface area (Å²) >= 11 is 1.72. The molecule has 3 nitrogen and oxygen atoms in total. The Morgan fingerprint density at radius 2 is 1.77 bits per heavy atom. The number of thioether (sulfide) groups is 1. The van der Waals surface area contributed by atoms with Gasteiger partial charge in [0.2, 0.25) is 0 Å². The van der Waals surface area contributed by atoms with Crippen molar-refractivity contribution in [3.63, 3.8) is 0 Å². The minimum absolute atomic E-state index is 0.00311. The zero-order valence-corrected chi connectivity index (χ0v) is 21.9. The summed E-state index contributed by atoms with van der Waals surface area (Å²) in [5.41, 5.74) is 7.47. The molecule has 184 valence electrons. The van der Waals surface area contributed by atoms with Gasteiger partial charge in [-0.3, -0.25) is 4.79 Å². The van der Waals surface area contributed by atoms with E-state index in [4.69, 9.17) is 0 Å². The SMILES string of the molecule is CCCN[C@H]1CCc2ccc(CCCC(NC(=O)c3ccc(-c4ccccc4)cc3)SC)cc2C1. The van der Waals surface area contributed by atoms with Crippen molar-refractivity contribution >= 4 is 17.7 Å². The fourth-order valence-electron chi connectivity index (χ4n) is 4.90. The molecule has 2 N–H and O–H groups in total. The lowest BCUT2D eigenvalue weighted by atomic mass is 9.86. The highest BCUT2D eigenvalue weighted by atomic mass is 32.2. The van der Waals surface area contributed by atoms with Gasteiger partial charge in [-0.1, -0.05) is 67.6 Å². The number of rotatable bonds is 11. The van der Waals surface area contributed by atoms with Crippen LogP contribution in [-0.2, 0) is 19.3 Å². The average Bonchev–Trinajstić information content (AvgIpc) is 2.91. The van der Waals surface area contributed by atoms with Crippen LogP contribution in [0.15, 0.2) is 72.8 Å². The Kier molecular flexibility index (Phi) is 9.44. The Labute approximate surface area is 215 Å². The fourth-order valence-corrected chi connectivity index (χ4v) is 5.53. The number of aryl methyl sites for hydroxylation is 2. The van der Waals surface area contributed by atoms with Crippen LogP contribution in [0.2, 0.25) is 0 Å². The van der Waals surface area contributed by atoms with Crippen molar-refractivity contribution in [2.24, 2.45) is 0 Å². The number of hydrogen-bond donors (Lipinski definition) is 2. The van der Waals surface area contributed by atoms with E-state index in [1.165, 1.54) is 36.0 Å². The Balaban J connectivity index is 1.27. The van der Waals surface area contributed by atoms with Crippen molar-refractivity contribution in [2.75, 3.05) is 12.8 Å². The van der Waals surface area contributed by atoms with E-state index in [1.807, 2.05) is 42.5 Å².